The van der Waals surface area contributed by atoms with Crippen molar-refractivity contribution < 1.29 is 13.3 Å². The Labute approximate surface area is 352 Å². The average molecular weight is 766 g/mol. The summed E-state index contributed by atoms with van der Waals surface area (Å²) < 4.78 is 54.2. The molecule has 0 spiro atoms. The maximum absolute atomic E-state index is 11.3. The van der Waals surface area contributed by atoms with Crippen molar-refractivity contribution in [2.24, 2.45) is 0 Å². The molecular weight excluding hydrogens is 707 g/mol. The zero-order valence-corrected chi connectivity index (χ0v) is 34.8. The third kappa shape index (κ3) is 7.47. The van der Waals surface area contributed by atoms with Crippen LogP contribution < -0.4 is 0 Å². The first kappa shape index (κ1) is 31.8. The van der Waals surface area contributed by atoms with Gasteiger partial charge >= 0.3 is 0 Å². The van der Waals surface area contributed by atoms with E-state index in [2.05, 4.69) is 86.9 Å². The summed E-state index contributed by atoms with van der Waals surface area (Å²) in [5, 5.41) is 11.3. The summed E-state index contributed by atoms with van der Waals surface area (Å²) in [7, 11) is 0. The number of imidazole rings is 1. The number of aromatic hydroxyl groups is 1. The summed E-state index contributed by atoms with van der Waals surface area (Å²) in [5.74, 6) is -1.02. The molecule has 0 saturated carbocycles. The maximum atomic E-state index is 11.3. The summed E-state index contributed by atoms with van der Waals surface area (Å²) in [6, 6.07) is 35.4. The number of pyridine rings is 1. The van der Waals surface area contributed by atoms with E-state index < -0.39 is 11.8 Å². The number of hydrogen-bond acceptors (Lipinski definition) is 3. The Morgan fingerprint density at radius 3 is 1.98 bits per heavy atom. The molecule has 0 atom stereocenters. The van der Waals surface area contributed by atoms with E-state index in [0.717, 1.165) is 66.8 Å². The normalized spacial score (nSPS) is 13.7. The molecule has 0 fully saturated rings. The van der Waals surface area contributed by atoms with Gasteiger partial charge in [-0.15, -0.1) is 0 Å². The van der Waals surface area contributed by atoms with E-state index in [1.165, 1.54) is 0 Å². The Bertz CT molecular complexity index is 3090. The fourth-order valence-electron chi connectivity index (χ4n) is 7.50. The second-order valence-corrected chi connectivity index (χ2v) is 16.7. The van der Waals surface area contributed by atoms with Gasteiger partial charge in [0.05, 0.1) is 33.5 Å². The molecule has 4 nitrogen and oxygen atoms in total. The number of hydrogen-bond donors (Lipinski definition) is 1. The minimum Gasteiger partial charge on any atom is -0.507 e. The summed E-state index contributed by atoms with van der Waals surface area (Å²) in [6.07, 6.45) is 1.65. The third-order valence-corrected chi connectivity index (χ3v) is 10.9. The van der Waals surface area contributed by atoms with Gasteiger partial charge < -0.3 is 5.11 Å². The molecule has 2 heterocycles. The zero-order valence-electron chi connectivity index (χ0n) is 40.8. The van der Waals surface area contributed by atoms with Crippen molar-refractivity contribution in [3.63, 3.8) is 0 Å². The van der Waals surface area contributed by atoms with Gasteiger partial charge in [0.25, 0.3) is 0 Å². The van der Waals surface area contributed by atoms with Crippen LogP contribution in [0.5, 0.6) is 5.75 Å². The van der Waals surface area contributed by atoms with Gasteiger partial charge in [-0.05, 0) is 136 Å². The zero-order chi connectivity index (χ0) is 46.2. The number of aryl methyl sites for hydroxylation is 1. The summed E-state index contributed by atoms with van der Waals surface area (Å²) in [4.78, 5) is 10.1. The Hall–Kier alpha value is -6.26. The fraction of sp³-hybridized carbons (Fsp3) is 0.222. The van der Waals surface area contributed by atoms with Crippen molar-refractivity contribution in [2.45, 2.75) is 79.5 Å². The molecule has 0 bridgehead atoms. The number of benzene rings is 6. The summed E-state index contributed by atoms with van der Waals surface area (Å²) in [6.45, 7) is 17.6. The molecule has 0 aliphatic rings. The molecule has 4 heteroatoms. The van der Waals surface area contributed by atoms with E-state index in [1.54, 1.807) is 31.3 Å². The highest BCUT2D eigenvalue weighted by molar-refractivity contribution is 5.97. The quantitative estimate of drug-likeness (QED) is 0.168. The molecule has 0 aliphatic carbocycles. The van der Waals surface area contributed by atoms with Crippen molar-refractivity contribution in [2.75, 3.05) is 0 Å². The molecule has 0 amide bonds. The molecule has 6 aromatic carbocycles. The van der Waals surface area contributed by atoms with Gasteiger partial charge in [0.15, 0.2) is 0 Å². The largest absolute Gasteiger partial charge is 0.507 e. The van der Waals surface area contributed by atoms with Crippen LogP contribution in [0, 0.1) is 13.8 Å². The predicted molar refractivity (Wildman–Crippen MR) is 244 cm³/mol. The van der Waals surface area contributed by atoms with E-state index in [-0.39, 0.29) is 40.9 Å². The van der Waals surface area contributed by atoms with Gasteiger partial charge in [-0.25, -0.2) is 4.98 Å². The molecule has 290 valence electrons. The fourth-order valence-corrected chi connectivity index (χ4v) is 7.50. The lowest BCUT2D eigenvalue weighted by Crippen LogP contribution is -2.11. The SMILES string of the molecule is [2H]c1c([2H])c(-c2ccnc(-c3cc(-c4cccc5c4nc(-c4ccccc4O)n5-c4ccc(-c5cc(C([2H])(C)C)cc(C([2H])(C)C)c5)cc4C)cc(C(C)(C)C)c3)c2)c([2H])c([2H])c1C. The number of aromatic nitrogens is 3. The lowest BCUT2D eigenvalue weighted by atomic mass is 9.83. The van der Waals surface area contributed by atoms with Crippen LogP contribution >= 0.6 is 0 Å². The van der Waals surface area contributed by atoms with Gasteiger partial charge in [-0.1, -0.05) is 133 Å². The molecule has 1 N–H and O–H groups in total. The number of nitrogens with zero attached hydrogens (tertiary/aromatic N) is 3. The van der Waals surface area contributed by atoms with Crippen molar-refractivity contribution in [3.05, 3.63) is 167 Å². The molecular formula is C54H53N3O. The molecule has 0 radical (unpaired) electrons. The topological polar surface area (TPSA) is 50.9 Å². The van der Waals surface area contributed by atoms with Crippen LogP contribution in [-0.2, 0) is 5.41 Å². The molecule has 0 aliphatic heterocycles. The van der Waals surface area contributed by atoms with Crippen molar-refractivity contribution >= 4 is 11.0 Å². The van der Waals surface area contributed by atoms with Gasteiger partial charge in [-0.3, -0.25) is 9.55 Å². The van der Waals surface area contributed by atoms with E-state index in [9.17, 15) is 5.11 Å². The van der Waals surface area contributed by atoms with Gasteiger partial charge in [0, 0.05) is 20.1 Å². The van der Waals surface area contributed by atoms with E-state index in [4.69, 9.17) is 18.2 Å². The molecule has 2 aromatic heterocycles. The number of rotatable bonds is 8. The lowest BCUT2D eigenvalue weighted by molar-refractivity contribution is 0.477. The Kier molecular flexibility index (Phi) is 8.35. The molecule has 8 aromatic rings. The molecule has 0 unspecified atom stereocenters. The maximum Gasteiger partial charge on any atom is 0.149 e. The number of phenolic OH excluding ortho intramolecular Hbond substituents is 1. The molecule has 0 saturated heterocycles. The van der Waals surface area contributed by atoms with E-state index in [0.29, 0.717) is 28.2 Å². The highest BCUT2D eigenvalue weighted by Crippen LogP contribution is 2.41. The highest BCUT2D eigenvalue weighted by atomic mass is 16.3. The van der Waals surface area contributed by atoms with Crippen LogP contribution in [0.2, 0.25) is 0 Å². The summed E-state index contributed by atoms with van der Waals surface area (Å²) in [5.41, 5.74) is 12.7. The van der Waals surface area contributed by atoms with Crippen LogP contribution in [0.3, 0.4) is 0 Å². The first-order valence-corrected chi connectivity index (χ1v) is 19.8. The average Bonchev–Trinajstić information content (AvgIpc) is 3.63. The second kappa shape index (κ2) is 15.2. The van der Waals surface area contributed by atoms with Crippen LogP contribution in [0.25, 0.3) is 72.7 Å². The van der Waals surface area contributed by atoms with Crippen LogP contribution in [0.4, 0.5) is 0 Å². The van der Waals surface area contributed by atoms with E-state index in [1.807, 2.05) is 64.1 Å². The summed E-state index contributed by atoms with van der Waals surface area (Å²) >= 11 is 0. The van der Waals surface area contributed by atoms with E-state index >= 15 is 0 Å². The highest BCUT2D eigenvalue weighted by Gasteiger charge is 2.23. The standard InChI is InChI=1S/C54H53N3O/c1-33(2)40-26-41(34(3)4)28-42(27-40)38-21-22-49(36(6)25-38)57-50-15-12-14-46(52(50)56-53(57)47-13-10-11-16-51(47)58)43-29-44(31-45(30-43)54(7,8)9)48-32-39(23-24-55-48)37-19-17-35(5)18-20-37/h10-34,58H,1-9H3/i17D,18D,19D,20D,33D,34D. The lowest BCUT2D eigenvalue weighted by Gasteiger charge is -2.22. The Morgan fingerprint density at radius 1 is 0.638 bits per heavy atom. The number of fused-ring (bicyclic) bond motifs is 1. The number of phenols is 1. The van der Waals surface area contributed by atoms with Crippen molar-refractivity contribution in [1.29, 1.82) is 0 Å². The Balaban J connectivity index is 1.33. The van der Waals surface area contributed by atoms with Gasteiger partial charge in [-0.2, -0.15) is 0 Å². The van der Waals surface area contributed by atoms with Gasteiger partial charge in [0.2, 0.25) is 0 Å². The first-order chi connectivity index (χ1) is 30.0. The van der Waals surface area contributed by atoms with Crippen LogP contribution in [0.1, 0.15) is 96.3 Å². The first-order valence-electron chi connectivity index (χ1n) is 22.8. The Morgan fingerprint density at radius 2 is 1.31 bits per heavy atom. The smallest absolute Gasteiger partial charge is 0.149 e. The predicted octanol–water partition coefficient (Wildman–Crippen LogP) is 14.6. The van der Waals surface area contributed by atoms with Crippen LogP contribution in [-0.4, -0.2) is 19.6 Å². The molecule has 58 heavy (non-hydrogen) atoms. The second-order valence-electron chi connectivity index (χ2n) is 16.7. The number of para-hydroxylation sites is 2. The van der Waals surface area contributed by atoms with Crippen molar-refractivity contribution in [1.82, 2.24) is 14.5 Å². The third-order valence-electron chi connectivity index (χ3n) is 10.9. The van der Waals surface area contributed by atoms with Crippen LogP contribution in [0.15, 0.2) is 140 Å². The van der Waals surface area contributed by atoms with Gasteiger partial charge in [0.1, 0.15) is 11.6 Å². The monoisotopic (exact) mass is 765 g/mol. The molecule has 8 rings (SSSR count). The minimum absolute atomic E-state index is 0.0598. The van der Waals surface area contributed by atoms with Crippen molar-refractivity contribution in [3.8, 4) is 67.5 Å². The minimum atomic E-state index is -0.849.